The number of benzene rings is 1. The van der Waals surface area contributed by atoms with Gasteiger partial charge in [-0.05, 0) is 6.08 Å². The molecule has 0 amide bonds. The number of quaternary nitrogens is 1. The molecular formula is C13H21NO3S. The van der Waals surface area contributed by atoms with Crippen molar-refractivity contribution in [2.45, 2.75) is 6.04 Å². The summed E-state index contributed by atoms with van der Waals surface area (Å²) < 4.78 is 28.1. The zero-order valence-electron chi connectivity index (χ0n) is 11.3. The topological polar surface area (TPSA) is 57.2 Å². The van der Waals surface area contributed by atoms with E-state index in [0.29, 0.717) is 12.3 Å². The maximum atomic E-state index is 9.08. The summed E-state index contributed by atoms with van der Waals surface area (Å²) in [5.74, 6) is 0. The maximum Gasteiger partial charge on any atom is 0.133 e. The van der Waals surface area contributed by atoms with Crippen LogP contribution in [0.15, 0.2) is 43.0 Å². The molecule has 0 N–H and O–H groups in total. The third-order valence-electron chi connectivity index (χ3n) is 2.20. The quantitative estimate of drug-likeness (QED) is 0.478. The van der Waals surface area contributed by atoms with Crippen molar-refractivity contribution in [3.05, 3.63) is 48.6 Å². The first-order valence-corrected chi connectivity index (χ1v) is 7.27. The molecule has 0 bridgehead atoms. The molecule has 0 aliphatic carbocycles. The minimum absolute atomic E-state index is 0.376. The first-order valence-electron chi connectivity index (χ1n) is 5.45. The van der Waals surface area contributed by atoms with Crippen LogP contribution < -0.4 is 0 Å². The van der Waals surface area contributed by atoms with Crippen LogP contribution in [0.3, 0.4) is 0 Å². The minimum Gasteiger partial charge on any atom is -0.748 e. The van der Waals surface area contributed by atoms with Gasteiger partial charge >= 0.3 is 0 Å². The van der Waals surface area contributed by atoms with Gasteiger partial charge in [-0.3, -0.25) is 0 Å². The fourth-order valence-electron chi connectivity index (χ4n) is 1.55. The lowest BCUT2D eigenvalue weighted by Gasteiger charge is -2.32. The molecule has 1 aromatic carbocycles. The van der Waals surface area contributed by atoms with Gasteiger partial charge < -0.3 is 9.04 Å². The molecule has 0 saturated heterocycles. The summed E-state index contributed by atoms with van der Waals surface area (Å²) in [6.45, 7) is 3.89. The van der Waals surface area contributed by atoms with Crippen molar-refractivity contribution >= 4 is 10.1 Å². The van der Waals surface area contributed by atoms with Crippen LogP contribution in [0.5, 0.6) is 0 Å². The molecule has 0 aliphatic heterocycles. The highest BCUT2D eigenvalue weighted by atomic mass is 32.2. The van der Waals surface area contributed by atoms with Crippen molar-refractivity contribution in [3.8, 4) is 0 Å². The Morgan fingerprint density at radius 2 is 1.61 bits per heavy atom. The lowest BCUT2D eigenvalue weighted by atomic mass is 10.1. The number of likely N-dealkylation sites (N-methyl/N-ethyl adjacent to an activating group) is 1. The molecule has 0 aromatic heterocycles. The van der Waals surface area contributed by atoms with E-state index in [-0.39, 0.29) is 0 Å². The van der Waals surface area contributed by atoms with Crippen LogP contribution in [0.1, 0.15) is 11.6 Å². The van der Waals surface area contributed by atoms with Gasteiger partial charge in [-0.15, -0.1) is 0 Å². The molecule has 18 heavy (non-hydrogen) atoms. The largest absolute Gasteiger partial charge is 0.748 e. The molecule has 0 heterocycles. The average Bonchev–Trinajstić information content (AvgIpc) is 2.15. The minimum atomic E-state index is -3.92. The molecule has 0 spiro atoms. The van der Waals surface area contributed by atoms with Gasteiger partial charge in [-0.2, -0.15) is 0 Å². The van der Waals surface area contributed by atoms with Gasteiger partial charge in [0.05, 0.1) is 31.3 Å². The van der Waals surface area contributed by atoms with E-state index in [0.717, 1.165) is 4.48 Å². The van der Waals surface area contributed by atoms with Gasteiger partial charge in [-0.25, -0.2) is 8.42 Å². The SMILES string of the molecule is C=CC(c1ccccc1)[N+](C)(C)C.CS(=O)(=O)[O-]. The van der Waals surface area contributed by atoms with Crippen LogP contribution in [0.25, 0.3) is 0 Å². The Labute approximate surface area is 110 Å². The first-order chi connectivity index (χ1) is 8.05. The van der Waals surface area contributed by atoms with Crippen LogP contribution in [-0.2, 0) is 10.1 Å². The van der Waals surface area contributed by atoms with Crippen molar-refractivity contribution < 1.29 is 17.5 Å². The average molecular weight is 271 g/mol. The summed E-state index contributed by atoms with van der Waals surface area (Å²) in [5, 5.41) is 0. The van der Waals surface area contributed by atoms with Crippen molar-refractivity contribution in [2.24, 2.45) is 0 Å². The van der Waals surface area contributed by atoms with Gasteiger partial charge in [0.2, 0.25) is 0 Å². The highest BCUT2D eigenvalue weighted by Gasteiger charge is 2.21. The summed E-state index contributed by atoms with van der Waals surface area (Å²) in [4.78, 5) is 0. The number of nitrogens with zero attached hydrogens (tertiary/aromatic N) is 1. The van der Waals surface area contributed by atoms with Crippen LogP contribution in [-0.4, -0.2) is 44.9 Å². The third-order valence-corrected chi connectivity index (χ3v) is 2.20. The van der Waals surface area contributed by atoms with Crippen molar-refractivity contribution in [1.29, 1.82) is 0 Å². The normalized spacial score (nSPS) is 13.2. The van der Waals surface area contributed by atoms with Crippen LogP contribution in [0.4, 0.5) is 0 Å². The second-order valence-corrected chi connectivity index (χ2v) is 6.32. The monoisotopic (exact) mass is 271 g/mol. The van der Waals surface area contributed by atoms with Crippen LogP contribution in [0.2, 0.25) is 0 Å². The lowest BCUT2D eigenvalue weighted by molar-refractivity contribution is -0.895. The van der Waals surface area contributed by atoms with E-state index in [1.54, 1.807) is 0 Å². The Bertz CT molecular complexity index is 453. The van der Waals surface area contributed by atoms with Gasteiger partial charge in [0.1, 0.15) is 6.04 Å². The van der Waals surface area contributed by atoms with Gasteiger partial charge in [0.25, 0.3) is 0 Å². The Kier molecular flexibility index (Phi) is 6.25. The number of hydrogen-bond donors (Lipinski definition) is 0. The van der Waals surface area contributed by atoms with Crippen LogP contribution in [0, 0.1) is 0 Å². The molecule has 0 fully saturated rings. The summed E-state index contributed by atoms with van der Waals surface area (Å²) in [5.41, 5.74) is 1.32. The molecule has 0 radical (unpaired) electrons. The number of hydrogen-bond acceptors (Lipinski definition) is 3. The second kappa shape index (κ2) is 6.68. The van der Waals surface area contributed by atoms with E-state index in [4.69, 9.17) is 13.0 Å². The molecule has 0 aliphatic rings. The zero-order valence-corrected chi connectivity index (χ0v) is 12.1. The number of rotatable bonds is 3. The summed E-state index contributed by atoms with van der Waals surface area (Å²) >= 11 is 0. The van der Waals surface area contributed by atoms with Gasteiger partial charge in [0.15, 0.2) is 0 Å². The van der Waals surface area contributed by atoms with E-state index in [2.05, 4.69) is 52.0 Å². The summed E-state index contributed by atoms with van der Waals surface area (Å²) in [6.07, 6.45) is 2.61. The molecule has 102 valence electrons. The Balaban J connectivity index is 0.000000494. The van der Waals surface area contributed by atoms with E-state index in [1.165, 1.54) is 5.56 Å². The Hall–Kier alpha value is -1.17. The summed E-state index contributed by atoms with van der Waals surface area (Å²) in [6, 6.07) is 10.9. The maximum absolute atomic E-state index is 9.08. The highest BCUT2D eigenvalue weighted by molar-refractivity contribution is 7.84. The van der Waals surface area contributed by atoms with E-state index in [9.17, 15) is 0 Å². The first kappa shape index (κ1) is 16.8. The standard InChI is InChI=1S/C12H18N.CH4O3S/c1-5-12(13(2,3)4)11-9-7-6-8-10-11;1-5(2,3)4/h5-10,12H,1H2,2-4H3;1H3,(H,2,3,4)/q+1;/p-1. The molecule has 1 aromatic rings. The molecule has 1 unspecified atom stereocenters. The van der Waals surface area contributed by atoms with E-state index in [1.807, 2.05) is 12.1 Å². The molecule has 4 nitrogen and oxygen atoms in total. The van der Waals surface area contributed by atoms with E-state index >= 15 is 0 Å². The Morgan fingerprint density at radius 3 is 1.89 bits per heavy atom. The van der Waals surface area contributed by atoms with Crippen molar-refractivity contribution in [3.63, 3.8) is 0 Å². The third kappa shape index (κ3) is 8.00. The zero-order chi connectivity index (χ0) is 14.4. The lowest BCUT2D eigenvalue weighted by Crippen LogP contribution is -2.37. The molecule has 1 atom stereocenters. The van der Waals surface area contributed by atoms with Gasteiger partial charge in [-0.1, -0.05) is 36.9 Å². The van der Waals surface area contributed by atoms with Crippen LogP contribution >= 0.6 is 0 Å². The smallest absolute Gasteiger partial charge is 0.133 e. The Morgan fingerprint density at radius 1 is 1.22 bits per heavy atom. The van der Waals surface area contributed by atoms with Crippen molar-refractivity contribution in [2.75, 3.05) is 27.4 Å². The highest BCUT2D eigenvalue weighted by Crippen LogP contribution is 2.23. The second-order valence-electron chi connectivity index (χ2n) is 4.91. The molecule has 0 saturated carbocycles. The molecule has 1 rings (SSSR count). The van der Waals surface area contributed by atoms with Crippen molar-refractivity contribution in [1.82, 2.24) is 0 Å². The summed E-state index contributed by atoms with van der Waals surface area (Å²) in [7, 11) is 2.62. The fourth-order valence-corrected chi connectivity index (χ4v) is 1.55. The van der Waals surface area contributed by atoms with Gasteiger partial charge in [0, 0.05) is 11.8 Å². The predicted octanol–water partition coefficient (Wildman–Crippen LogP) is 1.78. The predicted molar refractivity (Wildman–Crippen MR) is 73.0 cm³/mol. The van der Waals surface area contributed by atoms with E-state index < -0.39 is 10.1 Å². The molecule has 5 heteroatoms. The molecular weight excluding hydrogens is 250 g/mol. The fraction of sp³-hybridized carbons (Fsp3) is 0.385.